The van der Waals surface area contributed by atoms with Crippen LogP contribution < -0.4 is 11.1 Å². The Morgan fingerprint density at radius 2 is 1.95 bits per heavy atom. The molecular weight excluding hydrogens is 328 g/mol. The van der Waals surface area contributed by atoms with E-state index in [1.165, 1.54) is 0 Å². The van der Waals surface area contributed by atoms with Crippen LogP contribution in [-0.2, 0) is 11.2 Å². The number of nitrogen functional groups attached to an aromatic ring is 1. The van der Waals surface area contributed by atoms with Crippen molar-refractivity contribution in [3.05, 3.63) is 64.1 Å². The molecule has 3 nitrogen and oxygen atoms in total. The van der Waals surface area contributed by atoms with Gasteiger partial charge in [-0.2, -0.15) is 0 Å². The normalized spacial score (nSPS) is 11.9. The molecular formula is C17H19BrN2O. The number of nitrogens with two attached hydrogens (primary N) is 1. The number of carbonyl (C=O) groups excluding carboxylic acids is 1. The molecule has 1 amide bonds. The number of anilines is 1. The summed E-state index contributed by atoms with van der Waals surface area (Å²) < 4.78 is 1.03. The minimum absolute atomic E-state index is 0.00597. The predicted octanol–water partition coefficient (Wildman–Crippen LogP) is 3.84. The molecule has 0 aliphatic carbocycles. The van der Waals surface area contributed by atoms with E-state index in [2.05, 4.69) is 21.2 Å². The topological polar surface area (TPSA) is 55.1 Å². The molecule has 0 aromatic heterocycles. The first-order chi connectivity index (χ1) is 10.0. The van der Waals surface area contributed by atoms with Crippen molar-refractivity contribution in [2.45, 2.75) is 25.8 Å². The van der Waals surface area contributed by atoms with Crippen molar-refractivity contribution >= 4 is 27.5 Å². The van der Waals surface area contributed by atoms with Crippen LogP contribution in [0.25, 0.3) is 0 Å². The molecule has 21 heavy (non-hydrogen) atoms. The lowest BCUT2D eigenvalue weighted by Gasteiger charge is -2.14. The molecule has 2 aromatic carbocycles. The highest BCUT2D eigenvalue weighted by Crippen LogP contribution is 2.17. The molecule has 0 fully saturated rings. The number of amides is 1. The highest BCUT2D eigenvalue weighted by molar-refractivity contribution is 9.10. The van der Waals surface area contributed by atoms with E-state index in [1.807, 2.05) is 55.5 Å². The third-order valence-electron chi connectivity index (χ3n) is 3.34. The Hall–Kier alpha value is -1.81. The number of nitrogens with one attached hydrogen (secondary N) is 1. The van der Waals surface area contributed by atoms with Crippen molar-refractivity contribution in [1.82, 2.24) is 5.32 Å². The molecule has 110 valence electrons. The highest BCUT2D eigenvalue weighted by atomic mass is 79.9. The van der Waals surface area contributed by atoms with Gasteiger partial charge >= 0.3 is 0 Å². The van der Waals surface area contributed by atoms with E-state index in [0.717, 1.165) is 21.3 Å². The van der Waals surface area contributed by atoms with Crippen molar-refractivity contribution in [2.24, 2.45) is 0 Å². The van der Waals surface area contributed by atoms with Crippen LogP contribution in [0.2, 0.25) is 0 Å². The highest BCUT2D eigenvalue weighted by Gasteiger charge is 2.09. The van der Waals surface area contributed by atoms with Crippen LogP contribution >= 0.6 is 15.9 Å². The first-order valence-corrected chi connectivity index (χ1v) is 7.73. The molecule has 0 heterocycles. The lowest BCUT2D eigenvalue weighted by Crippen LogP contribution is -2.26. The van der Waals surface area contributed by atoms with E-state index in [0.29, 0.717) is 12.8 Å². The van der Waals surface area contributed by atoms with Crippen molar-refractivity contribution in [3.8, 4) is 0 Å². The molecule has 0 aliphatic heterocycles. The van der Waals surface area contributed by atoms with Gasteiger partial charge in [0, 0.05) is 16.6 Å². The largest absolute Gasteiger partial charge is 0.399 e. The molecule has 0 spiro atoms. The maximum atomic E-state index is 12.0. The smallest absolute Gasteiger partial charge is 0.220 e. The van der Waals surface area contributed by atoms with Gasteiger partial charge < -0.3 is 11.1 Å². The van der Waals surface area contributed by atoms with Gasteiger partial charge in [0.15, 0.2) is 0 Å². The summed E-state index contributed by atoms with van der Waals surface area (Å²) in [5.41, 5.74) is 8.64. The Labute approximate surface area is 133 Å². The molecule has 4 heteroatoms. The average Bonchev–Trinajstić information content (AvgIpc) is 2.46. The Balaban J connectivity index is 1.85. The Morgan fingerprint density at radius 3 is 2.62 bits per heavy atom. The lowest BCUT2D eigenvalue weighted by atomic mass is 10.1. The number of aryl methyl sites for hydroxylation is 1. The van der Waals surface area contributed by atoms with Crippen LogP contribution in [0.15, 0.2) is 53.0 Å². The summed E-state index contributed by atoms with van der Waals surface area (Å²) in [6.07, 6.45) is 1.16. The second kappa shape index (κ2) is 7.27. The number of hydrogen-bond donors (Lipinski definition) is 2. The molecule has 0 saturated carbocycles. The molecule has 2 rings (SSSR count). The van der Waals surface area contributed by atoms with Gasteiger partial charge in [-0.3, -0.25) is 4.79 Å². The minimum Gasteiger partial charge on any atom is -0.399 e. The van der Waals surface area contributed by atoms with E-state index >= 15 is 0 Å². The van der Waals surface area contributed by atoms with Gasteiger partial charge in [0.25, 0.3) is 0 Å². The Kier molecular flexibility index (Phi) is 5.39. The molecule has 2 aromatic rings. The first-order valence-electron chi connectivity index (χ1n) is 6.94. The molecule has 0 bridgehead atoms. The monoisotopic (exact) mass is 346 g/mol. The van der Waals surface area contributed by atoms with Crippen molar-refractivity contribution in [1.29, 1.82) is 0 Å². The number of carbonyl (C=O) groups is 1. The van der Waals surface area contributed by atoms with Gasteiger partial charge in [-0.15, -0.1) is 0 Å². The molecule has 0 aliphatic rings. The minimum atomic E-state index is 0.00597. The lowest BCUT2D eigenvalue weighted by molar-refractivity contribution is -0.121. The standard InChI is InChI=1S/C17H19BrN2O/c1-12(14-6-8-15(18)9-7-14)20-17(21)10-5-13-3-2-4-16(19)11-13/h2-4,6-9,11-12H,5,10,19H2,1H3,(H,20,21)/t12-/m0/s1. The van der Waals surface area contributed by atoms with Gasteiger partial charge in [0.2, 0.25) is 5.91 Å². The van der Waals surface area contributed by atoms with Crippen LogP contribution in [-0.4, -0.2) is 5.91 Å². The molecule has 3 N–H and O–H groups in total. The van der Waals surface area contributed by atoms with Gasteiger partial charge in [-0.25, -0.2) is 0 Å². The Morgan fingerprint density at radius 1 is 1.24 bits per heavy atom. The van der Waals surface area contributed by atoms with Crippen LogP contribution in [0, 0.1) is 0 Å². The third-order valence-corrected chi connectivity index (χ3v) is 3.87. The maximum absolute atomic E-state index is 12.0. The zero-order valence-corrected chi connectivity index (χ0v) is 13.6. The van der Waals surface area contributed by atoms with Crippen LogP contribution in [0.1, 0.15) is 30.5 Å². The third kappa shape index (κ3) is 4.90. The van der Waals surface area contributed by atoms with Crippen molar-refractivity contribution < 1.29 is 4.79 Å². The molecule has 0 radical (unpaired) electrons. The SMILES string of the molecule is C[C@H](NC(=O)CCc1cccc(N)c1)c1ccc(Br)cc1. The molecule has 0 unspecified atom stereocenters. The van der Waals surface area contributed by atoms with Gasteiger partial charge in [0.1, 0.15) is 0 Å². The quantitative estimate of drug-likeness (QED) is 0.808. The molecule has 0 saturated heterocycles. The summed E-state index contributed by atoms with van der Waals surface area (Å²) in [4.78, 5) is 12.0. The summed E-state index contributed by atoms with van der Waals surface area (Å²) in [6, 6.07) is 15.6. The zero-order valence-electron chi connectivity index (χ0n) is 12.0. The van der Waals surface area contributed by atoms with E-state index in [4.69, 9.17) is 5.73 Å². The van der Waals surface area contributed by atoms with E-state index < -0.39 is 0 Å². The van der Waals surface area contributed by atoms with Gasteiger partial charge in [0.05, 0.1) is 6.04 Å². The molecule has 1 atom stereocenters. The van der Waals surface area contributed by atoms with Crippen LogP contribution in [0.5, 0.6) is 0 Å². The number of hydrogen-bond acceptors (Lipinski definition) is 2. The number of rotatable bonds is 5. The van der Waals surface area contributed by atoms with E-state index in [-0.39, 0.29) is 11.9 Å². The summed E-state index contributed by atoms with van der Waals surface area (Å²) in [6.45, 7) is 1.99. The first kappa shape index (κ1) is 15.6. The summed E-state index contributed by atoms with van der Waals surface area (Å²) in [5, 5.41) is 3.02. The average molecular weight is 347 g/mol. The summed E-state index contributed by atoms with van der Waals surface area (Å²) >= 11 is 3.40. The van der Waals surface area contributed by atoms with Crippen LogP contribution in [0.3, 0.4) is 0 Å². The van der Waals surface area contributed by atoms with Crippen molar-refractivity contribution in [2.75, 3.05) is 5.73 Å². The fourth-order valence-electron chi connectivity index (χ4n) is 2.15. The summed E-state index contributed by atoms with van der Waals surface area (Å²) in [5.74, 6) is 0.0489. The maximum Gasteiger partial charge on any atom is 0.220 e. The zero-order chi connectivity index (χ0) is 15.2. The van der Waals surface area contributed by atoms with Crippen molar-refractivity contribution in [3.63, 3.8) is 0 Å². The summed E-state index contributed by atoms with van der Waals surface area (Å²) in [7, 11) is 0. The fourth-order valence-corrected chi connectivity index (χ4v) is 2.42. The second-order valence-corrected chi connectivity index (χ2v) is 6.00. The van der Waals surface area contributed by atoms with E-state index in [1.54, 1.807) is 0 Å². The van der Waals surface area contributed by atoms with Gasteiger partial charge in [-0.05, 0) is 48.7 Å². The fraction of sp³-hybridized carbons (Fsp3) is 0.235. The van der Waals surface area contributed by atoms with Gasteiger partial charge in [-0.1, -0.05) is 40.2 Å². The van der Waals surface area contributed by atoms with E-state index in [9.17, 15) is 4.79 Å². The predicted molar refractivity (Wildman–Crippen MR) is 89.9 cm³/mol. The number of benzene rings is 2. The number of halogens is 1. The second-order valence-electron chi connectivity index (χ2n) is 5.09. The Bertz CT molecular complexity index is 610. The van der Waals surface area contributed by atoms with Crippen LogP contribution in [0.4, 0.5) is 5.69 Å².